The molecule has 0 N–H and O–H groups in total. The van der Waals surface area contributed by atoms with Crippen LogP contribution in [0.4, 0.5) is 0 Å². The maximum absolute atomic E-state index is 4.16. The van der Waals surface area contributed by atoms with Crippen molar-refractivity contribution < 1.29 is 0 Å². The van der Waals surface area contributed by atoms with E-state index >= 15 is 0 Å². The van der Waals surface area contributed by atoms with Gasteiger partial charge < -0.3 is 0 Å². The second-order valence-electron chi connectivity index (χ2n) is 6.26. The molecule has 88 valence electrons. The summed E-state index contributed by atoms with van der Waals surface area (Å²) in [6, 6.07) is 0. The van der Waals surface area contributed by atoms with Crippen LogP contribution < -0.4 is 0 Å². The van der Waals surface area contributed by atoms with Crippen LogP contribution in [0.15, 0.2) is 12.2 Å². The predicted molar refractivity (Wildman–Crippen MR) is 69.0 cm³/mol. The van der Waals surface area contributed by atoms with Crippen LogP contribution in [0.1, 0.15) is 72.6 Å². The molecule has 0 saturated heterocycles. The van der Waals surface area contributed by atoms with Crippen molar-refractivity contribution in [3.63, 3.8) is 0 Å². The van der Waals surface area contributed by atoms with Gasteiger partial charge in [0.1, 0.15) is 0 Å². The Balaban J connectivity index is 2.50. The molecule has 0 aromatic rings. The minimum Gasteiger partial charge on any atom is -0.0996 e. The first kappa shape index (κ1) is 12.8. The maximum atomic E-state index is 4.16. The van der Waals surface area contributed by atoms with Gasteiger partial charge in [-0.2, -0.15) is 0 Å². The van der Waals surface area contributed by atoms with Gasteiger partial charge in [-0.3, -0.25) is 0 Å². The first-order valence-corrected chi connectivity index (χ1v) is 6.58. The van der Waals surface area contributed by atoms with Crippen molar-refractivity contribution in [2.24, 2.45) is 10.8 Å². The van der Waals surface area contributed by atoms with Crippen LogP contribution >= 0.6 is 0 Å². The van der Waals surface area contributed by atoms with Gasteiger partial charge in [0, 0.05) is 0 Å². The standard InChI is InChI=1S/C15H28/c1-6-7-8-14(4)9-11-15(5,12-10-14)13(2)3/h2,6-12H2,1,3-5H3. The first-order chi connectivity index (χ1) is 6.92. The highest BCUT2D eigenvalue weighted by Gasteiger charge is 2.37. The van der Waals surface area contributed by atoms with Gasteiger partial charge in [0.2, 0.25) is 0 Å². The van der Waals surface area contributed by atoms with Crippen LogP contribution in [0.2, 0.25) is 0 Å². The topological polar surface area (TPSA) is 0 Å². The molecular weight excluding hydrogens is 180 g/mol. The minimum atomic E-state index is 0.436. The third kappa shape index (κ3) is 3.09. The molecule has 1 aliphatic rings. The van der Waals surface area contributed by atoms with E-state index in [9.17, 15) is 0 Å². The Morgan fingerprint density at radius 1 is 1.13 bits per heavy atom. The van der Waals surface area contributed by atoms with E-state index in [0.717, 1.165) is 0 Å². The van der Waals surface area contributed by atoms with Crippen molar-refractivity contribution >= 4 is 0 Å². The number of unbranched alkanes of at least 4 members (excludes halogenated alkanes) is 1. The zero-order chi connectivity index (χ0) is 11.5. The number of allylic oxidation sites excluding steroid dienone is 1. The molecule has 1 fully saturated rings. The molecular formula is C15H28. The molecule has 1 rings (SSSR count). The van der Waals surface area contributed by atoms with E-state index < -0.39 is 0 Å². The highest BCUT2D eigenvalue weighted by Crippen LogP contribution is 2.50. The summed E-state index contributed by atoms with van der Waals surface area (Å²) in [5.41, 5.74) is 2.46. The van der Waals surface area contributed by atoms with E-state index in [1.54, 1.807) is 0 Å². The Morgan fingerprint density at radius 3 is 2.07 bits per heavy atom. The summed E-state index contributed by atoms with van der Waals surface area (Å²) in [6.07, 6.45) is 9.67. The average Bonchev–Trinajstić information content (AvgIpc) is 2.20. The van der Waals surface area contributed by atoms with Gasteiger partial charge in [-0.05, 0) is 49.9 Å². The quantitative estimate of drug-likeness (QED) is 0.547. The summed E-state index contributed by atoms with van der Waals surface area (Å²) < 4.78 is 0. The van der Waals surface area contributed by atoms with Gasteiger partial charge in [0.25, 0.3) is 0 Å². The molecule has 15 heavy (non-hydrogen) atoms. The molecule has 0 amide bonds. The highest BCUT2D eigenvalue weighted by molar-refractivity contribution is 5.08. The number of hydrogen-bond acceptors (Lipinski definition) is 0. The monoisotopic (exact) mass is 208 g/mol. The molecule has 1 saturated carbocycles. The summed E-state index contributed by atoms with van der Waals surface area (Å²) in [5.74, 6) is 0. The lowest BCUT2D eigenvalue weighted by molar-refractivity contribution is 0.117. The molecule has 0 radical (unpaired) electrons. The van der Waals surface area contributed by atoms with Crippen LogP contribution in [0, 0.1) is 10.8 Å². The second kappa shape index (κ2) is 4.72. The molecule has 0 aromatic carbocycles. The van der Waals surface area contributed by atoms with Crippen molar-refractivity contribution in [1.82, 2.24) is 0 Å². The van der Waals surface area contributed by atoms with Crippen LogP contribution in [0.3, 0.4) is 0 Å². The van der Waals surface area contributed by atoms with Gasteiger partial charge in [0.05, 0.1) is 0 Å². The fourth-order valence-electron chi connectivity index (χ4n) is 2.69. The molecule has 0 atom stereocenters. The van der Waals surface area contributed by atoms with Crippen molar-refractivity contribution in [2.45, 2.75) is 72.6 Å². The van der Waals surface area contributed by atoms with Gasteiger partial charge in [-0.25, -0.2) is 0 Å². The fourth-order valence-corrected chi connectivity index (χ4v) is 2.69. The molecule has 0 nitrogen and oxygen atoms in total. The first-order valence-electron chi connectivity index (χ1n) is 6.58. The Bertz CT molecular complexity index is 216. The van der Waals surface area contributed by atoms with Crippen LogP contribution in [-0.4, -0.2) is 0 Å². The average molecular weight is 208 g/mol. The lowest BCUT2D eigenvalue weighted by Gasteiger charge is -2.44. The van der Waals surface area contributed by atoms with E-state index in [0.29, 0.717) is 10.8 Å². The van der Waals surface area contributed by atoms with E-state index in [2.05, 4.69) is 34.3 Å². The maximum Gasteiger partial charge on any atom is -0.0121 e. The van der Waals surface area contributed by atoms with Crippen molar-refractivity contribution in [3.8, 4) is 0 Å². The van der Waals surface area contributed by atoms with Crippen molar-refractivity contribution in [1.29, 1.82) is 0 Å². The molecule has 0 heteroatoms. The largest absolute Gasteiger partial charge is 0.0996 e. The third-order valence-electron chi connectivity index (χ3n) is 4.72. The Kier molecular flexibility index (Phi) is 4.03. The van der Waals surface area contributed by atoms with E-state index in [1.165, 1.54) is 50.5 Å². The molecule has 0 bridgehead atoms. The van der Waals surface area contributed by atoms with Gasteiger partial charge >= 0.3 is 0 Å². The third-order valence-corrected chi connectivity index (χ3v) is 4.72. The summed E-state index contributed by atoms with van der Waals surface area (Å²) in [7, 11) is 0. The lowest BCUT2D eigenvalue weighted by atomic mass is 9.61. The Morgan fingerprint density at radius 2 is 1.67 bits per heavy atom. The lowest BCUT2D eigenvalue weighted by Crippen LogP contribution is -2.31. The van der Waals surface area contributed by atoms with Crippen molar-refractivity contribution in [2.75, 3.05) is 0 Å². The minimum absolute atomic E-state index is 0.436. The van der Waals surface area contributed by atoms with E-state index in [1.807, 2.05) is 0 Å². The smallest absolute Gasteiger partial charge is 0.0121 e. The highest BCUT2D eigenvalue weighted by atomic mass is 14.4. The van der Waals surface area contributed by atoms with Crippen LogP contribution in [0.5, 0.6) is 0 Å². The zero-order valence-corrected chi connectivity index (χ0v) is 11.2. The Hall–Kier alpha value is -0.260. The van der Waals surface area contributed by atoms with Crippen molar-refractivity contribution in [3.05, 3.63) is 12.2 Å². The van der Waals surface area contributed by atoms with Crippen LogP contribution in [-0.2, 0) is 0 Å². The predicted octanol–water partition coefficient (Wildman–Crippen LogP) is 5.34. The van der Waals surface area contributed by atoms with E-state index in [-0.39, 0.29) is 0 Å². The van der Waals surface area contributed by atoms with E-state index in [4.69, 9.17) is 0 Å². The summed E-state index contributed by atoms with van der Waals surface area (Å²) in [5, 5.41) is 0. The molecule has 0 spiro atoms. The summed E-state index contributed by atoms with van der Waals surface area (Å²) in [6.45, 7) is 13.5. The number of rotatable bonds is 4. The number of hydrogen-bond donors (Lipinski definition) is 0. The Labute approximate surface area is 96.2 Å². The zero-order valence-electron chi connectivity index (χ0n) is 11.2. The molecule has 0 aromatic heterocycles. The molecule has 1 aliphatic carbocycles. The van der Waals surface area contributed by atoms with Gasteiger partial charge in [-0.1, -0.05) is 45.8 Å². The second-order valence-corrected chi connectivity index (χ2v) is 6.26. The fraction of sp³-hybridized carbons (Fsp3) is 0.867. The molecule has 0 aliphatic heterocycles. The van der Waals surface area contributed by atoms with Crippen LogP contribution in [0.25, 0.3) is 0 Å². The normalized spacial score (nSPS) is 36.5. The van der Waals surface area contributed by atoms with Gasteiger partial charge in [-0.15, -0.1) is 0 Å². The molecule has 0 heterocycles. The summed E-state index contributed by atoms with van der Waals surface area (Å²) >= 11 is 0. The SMILES string of the molecule is C=C(C)C1(C)CCC(C)(CCCC)CC1. The summed E-state index contributed by atoms with van der Waals surface area (Å²) in [4.78, 5) is 0. The van der Waals surface area contributed by atoms with Gasteiger partial charge in [0.15, 0.2) is 0 Å². The molecule has 0 unspecified atom stereocenters.